The number of hydrogen-bond donors (Lipinski definition) is 1. The Morgan fingerprint density at radius 1 is 1.46 bits per heavy atom. The smallest absolute Gasteiger partial charge is 0.147 e. The van der Waals surface area contributed by atoms with Crippen LogP contribution in [0, 0.1) is 0 Å². The molecule has 0 heterocycles. The van der Waals surface area contributed by atoms with Gasteiger partial charge in [-0.3, -0.25) is 0 Å². The summed E-state index contributed by atoms with van der Waals surface area (Å²) < 4.78 is 26.6. The van der Waals surface area contributed by atoms with Crippen molar-refractivity contribution in [3.8, 4) is 0 Å². The molecular formula is C8H18O4S. The van der Waals surface area contributed by atoms with Crippen LogP contribution in [0.25, 0.3) is 0 Å². The molecule has 0 aromatic rings. The molecule has 80 valence electrons. The van der Waals surface area contributed by atoms with Gasteiger partial charge in [0, 0.05) is 13.4 Å². The third-order valence-electron chi connectivity index (χ3n) is 2.09. The predicted octanol–water partition coefficient (Wildman–Crippen LogP) is 0.207. The van der Waals surface area contributed by atoms with Gasteiger partial charge in [-0.15, -0.1) is 0 Å². The fraction of sp³-hybridized carbons (Fsp3) is 1.00. The highest BCUT2D eigenvalue weighted by molar-refractivity contribution is 7.90. The molecule has 0 aliphatic heterocycles. The first-order valence-corrected chi connectivity index (χ1v) is 6.16. The van der Waals surface area contributed by atoms with Gasteiger partial charge in [-0.25, -0.2) is 8.42 Å². The molecule has 5 heteroatoms. The number of hydrogen-bond acceptors (Lipinski definition) is 4. The first-order chi connectivity index (χ1) is 5.69. The minimum atomic E-state index is -3.00. The van der Waals surface area contributed by atoms with Gasteiger partial charge in [-0.2, -0.15) is 0 Å². The predicted molar refractivity (Wildman–Crippen MR) is 51.4 cm³/mol. The molecule has 0 rings (SSSR count). The molecule has 4 nitrogen and oxygen atoms in total. The Labute approximate surface area is 79.8 Å². The average Bonchev–Trinajstić information content (AvgIpc) is 1.98. The summed E-state index contributed by atoms with van der Waals surface area (Å²) in [5, 5.41) is 9.55. The minimum absolute atomic E-state index is 0.0129. The van der Waals surface area contributed by atoms with Gasteiger partial charge < -0.3 is 9.84 Å². The summed E-state index contributed by atoms with van der Waals surface area (Å²) in [6.45, 7) is 3.44. The number of aliphatic hydroxyl groups is 1. The molecule has 0 spiro atoms. The van der Waals surface area contributed by atoms with Crippen molar-refractivity contribution in [2.75, 3.05) is 19.1 Å². The van der Waals surface area contributed by atoms with Crippen LogP contribution in [-0.4, -0.2) is 44.3 Å². The molecule has 1 N–H and O–H groups in total. The van der Waals surface area contributed by atoms with Crippen molar-refractivity contribution in [2.24, 2.45) is 0 Å². The molecule has 0 radical (unpaired) electrons. The molecule has 1 unspecified atom stereocenters. The van der Waals surface area contributed by atoms with Crippen LogP contribution in [0.2, 0.25) is 0 Å². The van der Waals surface area contributed by atoms with Crippen molar-refractivity contribution in [3.05, 3.63) is 0 Å². The van der Waals surface area contributed by atoms with Crippen LogP contribution in [-0.2, 0) is 14.6 Å². The Morgan fingerprint density at radius 3 is 2.23 bits per heavy atom. The highest BCUT2D eigenvalue weighted by Gasteiger charge is 2.27. The van der Waals surface area contributed by atoms with E-state index in [0.29, 0.717) is 0 Å². The number of rotatable bonds is 5. The monoisotopic (exact) mass is 210 g/mol. The van der Waals surface area contributed by atoms with Gasteiger partial charge in [0.25, 0.3) is 0 Å². The summed E-state index contributed by atoms with van der Waals surface area (Å²) in [4.78, 5) is 0. The van der Waals surface area contributed by atoms with Gasteiger partial charge >= 0.3 is 0 Å². The molecule has 0 amide bonds. The van der Waals surface area contributed by atoms with Gasteiger partial charge in [-0.05, 0) is 20.3 Å². The molecule has 0 bridgehead atoms. The van der Waals surface area contributed by atoms with E-state index in [2.05, 4.69) is 0 Å². The molecule has 0 aromatic carbocycles. The first kappa shape index (κ1) is 12.9. The topological polar surface area (TPSA) is 63.6 Å². The molecule has 0 aliphatic carbocycles. The zero-order valence-electron chi connectivity index (χ0n) is 8.57. The van der Waals surface area contributed by atoms with Gasteiger partial charge in [0.05, 0.1) is 17.5 Å². The van der Waals surface area contributed by atoms with Gasteiger partial charge in [0.15, 0.2) is 0 Å². The summed E-state index contributed by atoms with van der Waals surface area (Å²) in [6.07, 6.45) is 0.603. The first-order valence-electron chi connectivity index (χ1n) is 4.10. The van der Waals surface area contributed by atoms with Crippen LogP contribution < -0.4 is 0 Å². The molecular weight excluding hydrogens is 192 g/mol. The summed E-state index contributed by atoms with van der Waals surface area (Å²) in [7, 11) is -1.51. The summed E-state index contributed by atoms with van der Waals surface area (Å²) >= 11 is 0. The highest BCUT2D eigenvalue weighted by Crippen LogP contribution is 2.16. The fourth-order valence-corrected chi connectivity index (χ4v) is 1.46. The normalized spacial score (nSPS) is 15.8. The van der Waals surface area contributed by atoms with Crippen molar-refractivity contribution < 1.29 is 18.3 Å². The summed E-state index contributed by atoms with van der Waals surface area (Å²) in [6, 6.07) is 0. The lowest BCUT2D eigenvalue weighted by molar-refractivity contribution is -0.0777. The minimum Gasteiger partial charge on any atom is -0.390 e. The lowest BCUT2D eigenvalue weighted by atomic mass is 10.00. The maximum atomic E-state index is 10.8. The number of sulfone groups is 1. The Kier molecular flexibility index (Phi) is 4.35. The second kappa shape index (κ2) is 4.39. The Bertz CT molecular complexity index is 243. The summed E-state index contributed by atoms with van der Waals surface area (Å²) in [5.41, 5.74) is -0.690. The third kappa shape index (κ3) is 5.23. The largest absolute Gasteiger partial charge is 0.390 e. The number of aliphatic hydroxyl groups excluding tert-OH is 1. The SMILES string of the molecule is COC(C)(C)C(O)CCS(C)(=O)=O. The van der Waals surface area contributed by atoms with E-state index < -0.39 is 21.5 Å². The second-order valence-electron chi connectivity index (χ2n) is 3.74. The quantitative estimate of drug-likeness (QED) is 0.704. The Morgan fingerprint density at radius 2 is 1.92 bits per heavy atom. The fourth-order valence-electron chi connectivity index (χ4n) is 0.809. The van der Waals surface area contributed by atoms with Crippen molar-refractivity contribution >= 4 is 9.84 Å². The van der Waals surface area contributed by atoms with Crippen LogP contribution in [0.1, 0.15) is 20.3 Å². The molecule has 13 heavy (non-hydrogen) atoms. The van der Waals surface area contributed by atoms with Crippen molar-refractivity contribution in [1.29, 1.82) is 0 Å². The van der Waals surface area contributed by atoms with E-state index in [1.807, 2.05) is 0 Å². The maximum Gasteiger partial charge on any atom is 0.147 e. The second-order valence-corrected chi connectivity index (χ2v) is 6.00. The highest BCUT2D eigenvalue weighted by atomic mass is 32.2. The van der Waals surface area contributed by atoms with Gasteiger partial charge in [0.1, 0.15) is 9.84 Å². The summed E-state index contributed by atoms with van der Waals surface area (Å²) in [5.74, 6) is -0.0129. The van der Waals surface area contributed by atoms with E-state index in [1.165, 1.54) is 7.11 Å². The van der Waals surface area contributed by atoms with Gasteiger partial charge in [0.2, 0.25) is 0 Å². The standard InChI is InChI=1S/C8H18O4S/c1-8(2,12-3)7(9)5-6-13(4,10)11/h7,9H,5-6H2,1-4H3. The zero-order valence-corrected chi connectivity index (χ0v) is 9.39. The van der Waals surface area contributed by atoms with E-state index in [0.717, 1.165) is 6.26 Å². The maximum absolute atomic E-state index is 10.8. The van der Waals surface area contributed by atoms with Crippen LogP contribution in [0.15, 0.2) is 0 Å². The Balaban J connectivity index is 4.10. The molecule has 0 aliphatic rings. The van der Waals surface area contributed by atoms with E-state index in [1.54, 1.807) is 13.8 Å². The average molecular weight is 210 g/mol. The molecule has 0 saturated carbocycles. The van der Waals surface area contributed by atoms with E-state index in [-0.39, 0.29) is 12.2 Å². The van der Waals surface area contributed by atoms with E-state index >= 15 is 0 Å². The van der Waals surface area contributed by atoms with Crippen LogP contribution >= 0.6 is 0 Å². The van der Waals surface area contributed by atoms with Crippen LogP contribution in [0.4, 0.5) is 0 Å². The lowest BCUT2D eigenvalue weighted by Crippen LogP contribution is -2.39. The van der Waals surface area contributed by atoms with Gasteiger partial charge in [-0.1, -0.05) is 0 Å². The van der Waals surface area contributed by atoms with E-state index in [4.69, 9.17) is 4.74 Å². The molecule has 0 aromatic heterocycles. The van der Waals surface area contributed by atoms with E-state index in [9.17, 15) is 13.5 Å². The van der Waals surface area contributed by atoms with Crippen molar-refractivity contribution in [1.82, 2.24) is 0 Å². The van der Waals surface area contributed by atoms with Crippen molar-refractivity contribution in [3.63, 3.8) is 0 Å². The Hall–Kier alpha value is -0.130. The lowest BCUT2D eigenvalue weighted by Gasteiger charge is -2.28. The molecule has 1 atom stereocenters. The van der Waals surface area contributed by atoms with Crippen molar-refractivity contribution in [2.45, 2.75) is 32.0 Å². The molecule has 0 saturated heterocycles. The molecule has 0 fully saturated rings. The van der Waals surface area contributed by atoms with Crippen LogP contribution in [0.3, 0.4) is 0 Å². The third-order valence-corrected chi connectivity index (χ3v) is 3.07. The zero-order chi connectivity index (χ0) is 10.7. The number of methoxy groups -OCH3 is 1. The number of ether oxygens (including phenoxy) is 1. The van der Waals surface area contributed by atoms with Crippen LogP contribution in [0.5, 0.6) is 0 Å².